The van der Waals surface area contributed by atoms with Crippen molar-refractivity contribution in [2.24, 2.45) is 0 Å². The van der Waals surface area contributed by atoms with E-state index in [0.717, 1.165) is 36.1 Å². The van der Waals surface area contributed by atoms with Gasteiger partial charge in [-0.3, -0.25) is 4.79 Å². The van der Waals surface area contributed by atoms with Gasteiger partial charge in [0.05, 0.1) is 14.2 Å². The van der Waals surface area contributed by atoms with Crippen molar-refractivity contribution in [3.8, 4) is 11.5 Å². The van der Waals surface area contributed by atoms with Gasteiger partial charge in [-0.05, 0) is 50.0 Å². The van der Waals surface area contributed by atoms with Crippen LogP contribution in [0.3, 0.4) is 0 Å². The first-order valence-corrected chi connectivity index (χ1v) is 10.6. The molecule has 0 saturated carbocycles. The third kappa shape index (κ3) is 6.60. The van der Waals surface area contributed by atoms with Gasteiger partial charge in [0.25, 0.3) is 0 Å². The third-order valence-corrected chi connectivity index (χ3v) is 5.07. The van der Waals surface area contributed by atoms with Crippen LogP contribution in [0.1, 0.15) is 30.7 Å². The Labute approximate surface area is 183 Å². The average molecular weight is 426 g/mol. The van der Waals surface area contributed by atoms with E-state index in [2.05, 4.69) is 25.5 Å². The molecule has 8 heteroatoms. The van der Waals surface area contributed by atoms with Gasteiger partial charge in [0.15, 0.2) is 11.5 Å². The van der Waals surface area contributed by atoms with E-state index in [0.29, 0.717) is 24.6 Å². The topological polar surface area (TPSA) is 88.6 Å². The number of hydrogen-bond acceptors (Lipinski definition) is 7. The number of hydrogen-bond donors (Lipinski definition) is 2. The van der Waals surface area contributed by atoms with Gasteiger partial charge in [-0.15, -0.1) is 0 Å². The zero-order valence-corrected chi connectivity index (χ0v) is 18.5. The summed E-state index contributed by atoms with van der Waals surface area (Å²) in [7, 11) is 3.17. The van der Waals surface area contributed by atoms with Crippen LogP contribution in [-0.4, -0.2) is 56.3 Å². The molecule has 8 nitrogen and oxygen atoms in total. The number of carbonyl (C=O) groups excluding carboxylic acids is 1. The number of methoxy groups -OCH3 is 2. The summed E-state index contributed by atoms with van der Waals surface area (Å²) < 4.78 is 10.5. The largest absolute Gasteiger partial charge is 0.493 e. The van der Waals surface area contributed by atoms with E-state index in [1.54, 1.807) is 20.3 Å². The van der Waals surface area contributed by atoms with Gasteiger partial charge in [0, 0.05) is 38.3 Å². The summed E-state index contributed by atoms with van der Waals surface area (Å²) in [6.45, 7) is 5.04. The Kier molecular flexibility index (Phi) is 8.09. The molecule has 0 aliphatic carbocycles. The number of piperidine rings is 1. The first kappa shape index (κ1) is 22.4. The minimum Gasteiger partial charge on any atom is -0.493 e. The second-order valence-electron chi connectivity index (χ2n) is 7.37. The van der Waals surface area contributed by atoms with Crippen molar-refractivity contribution in [3.63, 3.8) is 0 Å². The van der Waals surface area contributed by atoms with Gasteiger partial charge in [0.2, 0.25) is 5.91 Å². The van der Waals surface area contributed by atoms with Crippen molar-refractivity contribution in [3.05, 3.63) is 41.7 Å². The summed E-state index contributed by atoms with van der Waals surface area (Å²) in [6.07, 6.45) is 6.93. The molecule has 1 fully saturated rings. The number of amides is 1. The molecule has 1 aromatic carbocycles. The SMILES string of the molecule is COc1ccc(/C=C/C(=O)NCCNc2cc(N3CCCCC3)nc(C)n2)cc1OC. The molecular weight excluding hydrogens is 394 g/mol. The zero-order valence-electron chi connectivity index (χ0n) is 18.5. The maximum absolute atomic E-state index is 12.1. The number of anilines is 2. The molecular formula is C23H31N5O3. The summed E-state index contributed by atoms with van der Waals surface area (Å²) in [5, 5.41) is 6.14. The van der Waals surface area contributed by atoms with Crippen LogP contribution < -0.4 is 25.0 Å². The fourth-order valence-corrected chi connectivity index (χ4v) is 3.49. The summed E-state index contributed by atoms with van der Waals surface area (Å²) in [5.74, 6) is 3.61. The van der Waals surface area contributed by atoms with Crippen molar-refractivity contribution in [2.75, 3.05) is 50.6 Å². The van der Waals surface area contributed by atoms with Gasteiger partial charge in [-0.1, -0.05) is 6.07 Å². The molecule has 0 bridgehead atoms. The lowest BCUT2D eigenvalue weighted by molar-refractivity contribution is -0.116. The van der Waals surface area contributed by atoms with E-state index in [4.69, 9.17) is 9.47 Å². The molecule has 0 unspecified atom stereocenters. The predicted octanol–water partition coefficient (Wildman–Crippen LogP) is 3.03. The highest BCUT2D eigenvalue weighted by molar-refractivity contribution is 5.91. The fourth-order valence-electron chi connectivity index (χ4n) is 3.49. The summed E-state index contributed by atoms with van der Waals surface area (Å²) in [5.41, 5.74) is 0.854. The van der Waals surface area contributed by atoms with Gasteiger partial charge < -0.3 is 25.0 Å². The van der Waals surface area contributed by atoms with Gasteiger partial charge in [-0.25, -0.2) is 9.97 Å². The van der Waals surface area contributed by atoms with Crippen molar-refractivity contribution in [2.45, 2.75) is 26.2 Å². The lowest BCUT2D eigenvalue weighted by atomic mass is 10.1. The molecule has 2 N–H and O–H groups in total. The molecule has 1 aromatic heterocycles. The highest BCUT2D eigenvalue weighted by Crippen LogP contribution is 2.28. The van der Waals surface area contributed by atoms with E-state index in [1.807, 2.05) is 31.2 Å². The van der Waals surface area contributed by atoms with Crippen molar-refractivity contribution >= 4 is 23.6 Å². The lowest BCUT2D eigenvalue weighted by Gasteiger charge is -2.28. The molecule has 2 aromatic rings. The Hall–Kier alpha value is -3.29. The first-order chi connectivity index (χ1) is 15.1. The normalized spacial score (nSPS) is 13.8. The molecule has 1 amide bonds. The number of nitrogens with one attached hydrogen (secondary N) is 2. The fraction of sp³-hybridized carbons (Fsp3) is 0.435. The van der Waals surface area contributed by atoms with Crippen LogP contribution in [0.15, 0.2) is 30.3 Å². The number of nitrogens with zero attached hydrogens (tertiary/aromatic N) is 3. The van der Waals surface area contributed by atoms with Crippen molar-refractivity contribution < 1.29 is 14.3 Å². The summed E-state index contributed by atoms with van der Waals surface area (Å²) in [6, 6.07) is 7.48. The van der Waals surface area contributed by atoms with Gasteiger partial charge >= 0.3 is 0 Å². The first-order valence-electron chi connectivity index (χ1n) is 10.6. The van der Waals surface area contributed by atoms with E-state index in [1.165, 1.54) is 25.3 Å². The van der Waals surface area contributed by atoms with Gasteiger partial charge in [0.1, 0.15) is 17.5 Å². The average Bonchev–Trinajstić information content (AvgIpc) is 2.80. The number of benzene rings is 1. The molecule has 1 saturated heterocycles. The summed E-state index contributed by atoms with van der Waals surface area (Å²) in [4.78, 5) is 23.4. The molecule has 1 aliphatic rings. The van der Waals surface area contributed by atoms with E-state index >= 15 is 0 Å². The Morgan fingerprint density at radius 1 is 1.06 bits per heavy atom. The second-order valence-corrected chi connectivity index (χ2v) is 7.37. The zero-order chi connectivity index (χ0) is 22.1. The maximum atomic E-state index is 12.1. The molecule has 0 radical (unpaired) electrons. The number of carbonyl (C=O) groups is 1. The lowest BCUT2D eigenvalue weighted by Crippen LogP contribution is -2.30. The minimum atomic E-state index is -0.163. The minimum absolute atomic E-state index is 0.163. The van der Waals surface area contributed by atoms with Crippen molar-refractivity contribution in [1.29, 1.82) is 0 Å². The van der Waals surface area contributed by atoms with Crippen LogP contribution in [0.25, 0.3) is 6.08 Å². The highest BCUT2D eigenvalue weighted by atomic mass is 16.5. The second kappa shape index (κ2) is 11.2. The molecule has 1 aliphatic heterocycles. The Balaban J connectivity index is 1.46. The molecule has 3 rings (SSSR count). The van der Waals surface area contributed by atoms with Gasteiger partial charge in [-0.2, -0.15) is 0 Å². The Morgan fingerprint density at radius 3 is 2.58 bits per heavy atom. The van der Waals surface area contributed by atoms with Crippen LogP contribution in [-0.2, 0) is 4.79 Å². The molecule has 31 heavy (non-hydrogen) atoms. The molecule has 166 valence electrons. The Morgan fingerprint density at radius 2 is 1.84 bits per heavy atom. The molecule has 2 heterocycles. The monoisotopic (exact) mass is 425 g/mol. The Bertz CT molecular complexity index is 910. The molecule has 0 spiro atoms. The summed E-state index contributed by atoms with van der Waals surface area (Å²) >= 11 is 0. The quantitative estimate of drug-likeness (QED) is 0.472. The van der Waals surface area contributed by atoms with E-state index in [-0.39, 0.29) is 5.91 Å². The maximum Gasteiger partial charge on any atom is 0.244 e. The third-order valence-electron chi connectivity index (χ3n) is 5.07. The number of aryl methyl sites for hydroxylation is 1. The smallest absolute Gasteiger partial charge is 0.244 e. The molecule has 0 atom stereocenters. The van der Waals surface area contributed by atoms with Crippen molar-refractivity contribution in [1.82, 2.24) is 15.3 Å². The highest BCUT2D eigenvalue weighted by Gasteiger charge is 2.13. The number of aromatic nitrogens is 2. The van der Waals surface area contributed by atoms with Crippen LogP contribution in [0.2, 0.25) is 0 Å². The van der Waals surface area contributed by atoms with Crippen LogP contribution in [0.4, 0.5) is 11.6 Å². The van der Waals surface area contributed by atoms with E-state index in [9.17, 15) is 4.79 Å². The van der Waals surface area contributed by atoms with Crippen LogP contribution in [0.5, 0.6) is 11.5 Å². The predicted molar refractivity (Wildman–Crippen MR) is 123 cm³/mol. The number of ether oxygens (including phenoxy) is 2. The van der Waals surface area contributed by atoms with E-state index < -0.39 is 0 Å². The van der Waals surface area contributed by atoms with Crippen LogP contribution in [0, 0.1) is 6.92 Å². The van der Waals surface area contributed by atoms with Crippen LogP contribution >= 0.6 is 0 Å². The number of rotatable bonds is 9. The standard InChI is InChI=1S/C23H31N5O3/c1-17-26-21(16-22(27-17)28-13-5-4-6-14-28)24-11-12-25-23(29)10-8-18-7-9-19(30-2)20(15-18)31-3/h7-10,15-16H,4-6,11-14H2,1-3H3,(H,25,29)(H,24,26,27)/b10-8+.